The summed E-state index contributed by atoms with van der Waals surface area (Å²) in [5, 5.41) is 8.82. The van der Waals surface area contributed by atoms with Gasteiger partial charge in [-0.2, -0.15) is 5.26 Å². The summed E-state index contributed by atoms with van der Waals surface area (Å²) in [6.07, 6.45) is 0.611. The molecule has 17 heavy (non-hydrogen) atoms. The van der Waals surface area contributed by atoms with E-state index in [1.165, 1.54) is 0 Å². The zero-order chi connectivity index (χ0) is 12.3. The average molecular weight is 242 g/mol. The standard InChI is InChI=1S/C12H10N4S/c13-7-9-11(14)15-10(16-12(9)17)6-8-4-2-1-3-5-8/h1-5H,6H2,(H3,14,15,16,17). The van der Waals surface area contributed by atoms with E-state index in [-0.39, 0.29) is 16.0 Å². The Morgan fingerprint density at radius 2 is 2.06 bits per heavy atom. The molecule has 4 nitrogen and oxygen atoms in total. The SMILES string of the molecule is N#Cc1c(N)[nH]c(Cc2ccccc2)nc1=S. The molecule has 0 radical (unpaired) electrons. The summed E-state index contributed by atoms with van der Waals surface area (Å²) < 4.78 is 0.245. The van der Waals surface area contributed by atoms with Crippen molar-refractivity contribution in [3.05, 3.63) is 51.9 Å². The number of nitrogens with one attached hydrogen (secondary N) is 1. The minimum Gasteiger partial charge on any atom is -0.384 e. The molecule has 0 atom stereocenters. The zero-order valence-electron chi connectivity index (χ0n) is 8.97. The minimum atomic E-state index is 0.233. The number of nitriles is 1. The number of hydrogen-bond donors (Lipinski definition) is 2. The number of anilines is 1. The van der Waals surface area contributed by atoms with Gasteiger partial charge in [0.05, 0.1) is 0 Å². The van der Waals surface area contributed by atoms with Gasteiger partial charge in [-0.15, -0.1) is 0 Å². The van der Waals surface area contributed by atoms with Crippen molar-refractivity contribution in [3.8, 4) is 6.07 Å². The van der Waals surface area contributed by atoms with Crippen LogP contribution in [0.3, 0.4) is 0 Å². The molecule has 0 saturated heterocycles. The first-order valence-electron chi connectivity index (χ1n) is 5.03. The second-order valence-electron chi connectivity index (χ2n) is 3.55. The third kappa shape index (κ3) is 2.49. The topological polar surface area (TPSA) is 78.5 Å². The summed E-state index contributed by atoms with van der Waals surface area (Å²) >= 11 is 5.01. The van der Waals surface area contributed by atoms with Gasteiger partial charge in [-0.05, 0) is 5.56 Å². The Morgan fingerprint density at radius 3 is 2.65 bits per heavy atom. The Kier molecular flexibility index (Phi) is 3.17. The highest BCUT2D eigenvalue weighted by molar-refractivity contribution is 7.71. The Hall–Kier alpha value is -2.19. The van der Waals surface area contributed by atoms with Crippen LogP contribution >= 0.6 is 12.2 Å². The zero-order valence-corrected chi connectivity index (χ0v) is 9.79. The lowest BCUT2D eigenvalue weighted by atomic mass is 10.1. The number of aromatic nitrogens is 2. The molecule has 2 aromatic rings. The van der Waals surface area contributed by atoms with Crippen molar-refractivity contribution >= 4 is 18.0 Å². The number of nitrogens with zero attached hydrogens (tertiary/aromatic N) is 2. The molecule has 0 unspecified atom stereocenters. The van der Waals surface area contributed by atoms with Gasteiger partial charge in [0.2, 0.25) is 0 Å². The van der Waals surface area contributed by atoms with E-state index >= 15 is 0 Å². The van der Waals surface area contributed by atoms with E-state index in [4.69, 9.17) is 23.2 Å². The van der Waals surface area contributed by atoms with E-state index in [1.807, 2.05) is 36.4 Å². The Labute approximate surface area is 104 Å². The minimum absolute atomic E-state index is 0.233. The maximum absolute atomic E-state index is 8.82. The lowest BCUT2D eigenvalue weighted by molar-refractivity contribution is 0.961. The van der Waals surface area contributed by atoms with Gasteiger partial charge in [0.25, 0.3) is 0 Å². The molecule has 0 saturated carbocycles. The van der Waals surface area contributed by atoms with Gasteiger partial charge < -0.3 is 10.7 Å². The van der Waals surface area contributed by atoms with Crippen molar-refractivity contribution < 1.29 is 0 Å². The maximum Gasteiger partial charge on any atom is 0.149 e. The van der Waals surface area contributed by atoms with Gasteiger partial charge in [-0.3, -0.25) is 0 Å². The lowest BCUT2D eigenvalue weighted by Gasteiger charge is -2.04. The van der Waals surface area contributed by atoms with Crippen LogP contribution in [-0.4, -0.2) is 9.97 Å². The number of rotatable bonds is 2. The van der Waals surface area contributed by atoms with Crippen LogP contribution in [0.25, 0.3) is 0 Å². The molecule has 0 aliphatic carbocycles. The number of aromatic amines is 1. The number of benzene rings is 1. The number of hydrogen-bond acceptors (Lipinski definition) is 4. The Morgan fingerprint density at radius 1 is 1.35 bits per heavy atom. The Balaban J connectivity index is 2.37. The first kappa shape index (κ1) is 11.3. The van der Waals surface area contributed by atoms with Crippen LogP contribution in [0.4, 0.5) is 5.82 Å². The molecule has 84 valence electrons. The molecule has 0 bridgehead atoms. The van der Waals surface area contributed by atoms with Crippen molar-refractivity contribution in [2.45, 2.75) is 6.42 Å². The van der Waals surface area contributed by atoms with Crippen LogP contribution in [0.5, 0.6) is 0 Å². The van der Waals surface area contributed by atoms with E-state index in [0.29, 0.717) is 12.2 Å². The van der Waals surface area contributed by atoms with E-state index in [0.717, 1.165) is 5.56 Å². The molecule has 1 aromatic heterocycles. The van der Waals surface area contributed by atoms with Crippen molar-refractivity contribution in [1.29, 1.82) is 5.26 Å². The Bertz CT molecular complexity index is 625. The summed E-state index contributed by atoms with van der Waals surface area (Å²) in [6.45, 7) is 0. The van der Waals surface area contributed by atoms with Gasteiger partial charge >= 0.3 is 0 Å². The second kappa shape index (κ2) is 4.76. The maximum atomic E-state index is 8.82. The molecule has 1 heterocycles. The van der Waals surface area contributed by atoms with Gasteiger partial charge in [0.15, 0.2) is 0 Å². The fourth-order valence-corrected chi connectivity index (χ4v) is 1.79. The molecule has 0 aliphatic rings. The highest BCUT2D eigenvalue weighted by Gasteiger charge is 2.05. The first-order valence-corrected chi connectivity index (χ1v) is 5.44. The smallest absolute Gasteiger partial charge is 0.149 e. The fraction of sp³-hybridized carbons (Fsp3) is 0.0833. The normalized spacial score (nSPS) is 9.82. The van der Waals surface area contributed by atoms with Gasteiger partial charge in [-0.1, -0.05) is 42.5 Å². The molecule has 5 heteroatoms. The summed E-state index contributed by atoms with van der Waals surface area (Å²) in [7, 11) is 0. The quantitative estimate of drug-likeness (QED) is 0.791. The molecule has 2 rings (SSSR count). The molecule has 0 aliphatic heterocycles. The summed E-state index contributed by atoms with van der Waals surface area (Å²) in [5.74, 6) is 0.941. The third-order valence-electron chi connectivity index (χ3n) is 2.32. The van der Waals surface area contributed by atoms with Crippen molar-refractivity contribution in [2.75, 3.05) is 5.73 Å². The van der Waals surface area contributed by atoms with Crippen LogP contribution in [-0.2, 0) is 6.42 Å². The van der Waals surface area contributed by atoms with E-state index < -0.39 is 0 Å². The first-order chi connectivity index (χ1) is 8.20. The molecule has 3 N–H and O–H groups in total. The summed E-state index contributed by atoms with van der Waals surface area (Å²) in [5.41, 5.74) is 7.04. The molecule has 0 fully saturated rings. The van der Waals surface area contributed by atoms with Crippen LogP contribution in [0.1, 0.15) is 17.0 Å². The third-order valence-corrected chi connectivity index (χ3v) is 2.62. The molecular weight excluding hydrogens is 232 g/mol. The fourth-order valence-electron chi connectivity index (χ4n) is 1.52. The molecular formula is C12H10N4S. The van der Waals surface area contributed by atoms with Crippen molar-refractivity contribution in [2.24, 2.45) is 0 Å². The number of nitrogens with two attached hydrogens (primary N) is 1. The van der Waals surface area contributed by atoms with Crippen LogP contribution < -0.4 is 5.73 Å². The van der Waals surface area contributed by atoms with E-state index in [1.54, 1.807) is 0 Å². The van der Waals surface area contributed by atoms with Crippen LogP contribution in [0.15, 0.2) is 30.3 Å². The predicted molar refractivity (Wildman–Crippen MR) is 67.8 cm³/mol. The molecule has 0 spiro atoms. The predicted octanol–water partition coefficient (Wildman–Crippen LogP) is 2.18. The average Bonchev–Trinajstić information content (AvgIpc) is 2.30. The monoisotopic (exact) mass is 242 g/mol. The lowest BCUT2D eigenvalue weighted by Crippen LogP contribution is -2.04. The summed E-state index contributed by atoms with van der Waals surface area (Å²) in [6, 6.07) is 11.8. The van der Waals surface area contributed by atoms with E-state index in [2.05, 4.69) is 9.97 Å². The van der Waals surface area contributed by atoms with Crippen molar-refractivity contribution in [3.63, 3.8) is 0 Å². The largest absolute Gasteiger partial charge is 0.384 e. The highest BCUT2D eigenvalue weighted by atomic mass is 32.1. The van der Waals surface area contributed by atoms with E-state index in [9.17, 15) is 0 Å². The van der Waals surface area contributed by atoms with Gasteiger partial charge in [0.1, 0.15) is 27.9 Å². The highest BCUT2D eigenvalue weighted by Crippen LogP contribution is 2.11. The van der Waals surface area contributed by atoms with Crippen molar-refractivity contribution in [1.82, 2.24) is 9.97 Å². The second-order valence-corrected chi connectivity index (χ2v) is 3.94. The molecule has 1 aromatic carbocycles. The van der Waals surface area contributed by atoms with Crippen LogP contribution in [0.2, 0.25) is 0 Å². The van der Waals surface area contributed by atoms with Crippen LogP contribution in [0, 0.1) is 16.0 Å². The number of nitrogen functional groups attached to an aromatic ring is 1. The van der Waals surface area contributed by atoms with Gasteiger partial charge in [-0.25, -0.2) is 4.98 Å². The van der Waals surface area contributed by atoms with Gasteiger partial charge in [0, 0.05) is 6.42 Å². The molecule has 0 amide bonds. The number of H-pyrrole nitrogens is 1. The summed E-state index contributed by atoms with van der Waals surface area (Å²) in [4.78, 5) is 7.05.